The molecule has 29 heavy (non-hydrogen) atoms. The van der Waals surface area contributed by atoms with Crippen LogP contribution >= 0.6 is 0 Å². The predicted molar refractivity (Wildman–Crippen MR) is 98.2 cm³/mol. The molecule has 2 aromatic rings. The summed E-state index contributed by atoms with van der Waals surface area (Å²) in [6.07, 6.45) is -0.709. The third kappa shape index (κ3) is 3.74. The lowest BCUT2D eigenvalue weighted by atomic mass is 9.83. The van der Waals surface area contributed by atoms with E-state index < -0.39 is 44.1 Å². The van der Waals surface area contributed by atoms with Crippen molar-refractivity contribution < 1.29 is 37.8 Å². The van der Waals surface area contributed by atoms with Crippen molar-refractivity contribution >= 4 is 33.5 Å². The molecule has 0 fully saturated rings. The van der Waals surface area contributed by atoms with Crippen LogP contribution in [-0.4, -0.2) is 42.1 Å². The monoisotopic (exact) mass is 417 g/mol. The molecular weight excluding hydrogens is 402 g/mol. The van der Waals surface area contributed by atoms with Crippen molar-refractivity contribution in [2.24, 2.45) is 0 Å². The number of benzene rings is 2. The number of ketones is 2. The van der Waals surface area contributed by atoms with Gasteiger partial charge in [-0.1, -0.05) is 24.3 Å². The minimum Gasteiger partial charge on any atom is -0.507 e. The first kappa shape index (κ1) is 20.2. The summed E-state index contributed by atoms with van der Waals surface area (Å²) >= 11 is 0. The van der Waals surface area contributed by atoms with Crippen molar-refractivity contribution in [2.45, 2.75) is 24.2 Å². The molecule has 1 aliphatic carbocycles. The Morgan fingerprint density at radius 2 is 1.48 bits per heavy atom. The fraction of sp³-hybridized carbons (Fsp3) is 0.158. The van der Waals surface area contributed by atoms with Gasteiger partial charge >= 0.3 is 5.97 Å². The molecule has 0 heterocycles. The Morgan fingerprint density at radius 1 is 0.897 bits per heavy atom. The smallest absolute Gasteiger partial charge is 0.303 e. The van der Waals surface area contributed by atoms with Crippen molar-refractivity contribution in [2.75, 3.05) is 0 Å². The summed E-state index contributed by atoms with van der Waals surface area (Å²) in [4.78, 5) is 47.5. The average Bonchev–Trinajstić information content (AvgIpc) is 2.64. The molecule has 0 radical (unpaired) electrons. The van der Waals surface area contributed by atoms with Crippen LogP contribution in [-0.2, 0) is 19.6 Å². The van der Waals surface area contributed by atoms with Crippen LogP contribution in [0.4, 0.5) is 0 Å². The fourth-order valence-electron chi connectivity index (χ4n) is 3.07. The SMILES string of the molecule is O=C(O)CCCC(=O)NS(=O)(=O)c1cccc2c1C(=O)c1cccc(O)c1C2=O. The average molecular weight is 417 g/mol. The number of phenolic OH excluding ortho intramolecular Hbond substituents is 1. The predicted octanol–water partition coefficient (Wildman–Crippen LogP) is 1.23. The second-order valence-corrected chi connectivity index (χ2v) is 7.96. The number of hydrogen-bond acceptors (Lipinski definition) is 7. The molecule has 1 aliphatic rings. The molecule has 10 heteroatoms. The van der Waals surface area contributed by atoms with Gasteiger partial charge in [-0.05, 0) is 18.6 Å². The Bertz CT molecular complexity index is 1170. The van der Waals surface area contributed by atoms with Gasteiger partial charge in [-0.2, -0.15) is 0 Å². The van der Waals surface area contributed by atoms with E-state index in [4.69, 9.17) is 5.11 Å². The van der Waals surface area contributed by atoms with E-state index in [1.807, 2.05) is 0 Å². The highest BCUT2D eigenvalue weighted by molar-refractivity contribution is 7.90. The van der Waals surface area contributed by atoms with Crippen molar-refractivity contribution in [3.63, 3.8) is 0 Å². The maximum Gasteiger partial charge on any atom is 0.303 e. The maximum atomic E-state index is 12.9. The van der Waals surface area contributed by atoms with Gasteiger partial charge in [0.2, 0.25) is 5.91 Å². The first-order chi connectivity index (χ1) is 13.6. The number of fused-ring (bicyclic) bond motifs is 2. The standard InChI is InChI=1S/C19H15NO8S/c21-12-6-1-4-10-16(12)18(25)11-5-2-7-13(17(11)19(10)26)29(27,28)20-14(22)8-3-9-15(23)24/h1-2,4-7,21H,3,8-9H2,(H,20,22)(H,23,24). The van der Waals surface area contributed by atoms with Gasteiger partial charge in [0.05, 0.1) is 16.0 Å². The number of nitrogens with one attached hydrogen (secondary N) is 1. The van der Waals surface area contributed by atoms with Crippen LogP contribution in [0, 0.1) is 0 Å². The Hall–Kier alpha value is -3.53. The van der Waals surface area contributed by atoms with Gasteiger partial charge in [0.25, 0.3) is 10.0 Å². The Kier molecular flexibility index (Phi) is 5.21. The lowest BCUT2D eigenvalue weighted by molar-refractivity contribution is -0.137. The number of aromatic hydroxyl groups is 1. The highest BCUT2D eigenvalue weighted by atomic mass is 32.2. The maximum absolute atomic E-state index is 12.9. The second-order valence-electron chi connectivity index (χ2n) is 6.31. The van der Waals surface area contributed by atoms with Gasteiger partial charge in [-0.3, -0.25) is 19.2 Å². The second kappa shape index (κ2) is 7.47. The van der Waals surface area contributed by atoms with Crippen LogP contribution in [0.1, 0.15) is 51.1 Å². The molecule has 150 valence electrons. The molecule has 9 nitrogen and oxygen atoms in total. The minimum absolute atomic E-state index is 0.0619. The molecule has 0 aromatic heterocycles. The zero-order valence-corrected chi connectivity index (χ0v) is 15.7. The highest BCUT2D eigenvalue weighted by Crippen LogP contribution is 2.35. The van der Waals surface area contributed by atoms with E-state index >= 15 is 0 Å². The van der Waals surface area contributed by atoms with E-state index in [1.165, 1.54) is 30.3 Å². The number of carbonyl (C=O) groups excluding carboxylic acids is 3. The number of aliphatic carboxylic acids is 1. The summed E-state index contributed by atoms with van der Waals surface area (Å²) < 4.78 is 27.2. The van der Waals surface area contributed by atoms with Gasteiger partial charge in [-0.15, -0.1) is 0 Å². The molecule has 0 atom stereocenters. The zero-order valence-electron chi connectivity index (χ0n) is 14.8. The lowest BCUT2D eigenvalue weighted by Crippen LogP contribution is -2.33. The van der Waals surface area contributed by atoms with Crippen molar-refractivity contribution in [1.29, 1.82) is 0 Å². The number of carbonyl (C=O) groups is 4. The minimum atomic E-state index is -4.50. The first-order valence-corrected chi connectivity index (χ1v) is 9.93. The summed E-state index contributed by atoms with van der Waals surface area (Å²) in [5.74, 6) is -3.94. The molecule has 2 aromatic carbocycles. The van der Waals surface area contributed by atoms with Crippen LogP contribution in [0.25, 0.3) is 0 Å². The van der Waals surface area contributed by atoms with Crippen LogP contribution < -0.4 is 4.72 Å². The van der Waals surface area contributed by atoms with Gasteiger partial charge in [0.1, 0.15) is 5.75 Å². The number of rotatable bonds is 6. The van der Waals surface area contributed by atoms with Crippen molar-refractivity contribution in [1.82, 2.24) is 4.72 Å². The fourth-order valence-corrected chi connectivity index (χ4v) is 4.31. The lowest BCUT2D eigenvalue weighted by Gasteiger charge is -2.20. The number of carboxylic acids is 1. The molecule has 3 rings (SSSR count). The van der Waals surface area contributed by atoms with Crippen LogP contribution in [0.2, 0.25) is 0 Å². The molecule has 0 bridgehead atoms. The summed E-state index contributed by atoms with van der Waals surface area (Å²) in [6.45, 7) is 0. The van der Waals surface area contributed by atoms with Crippen molar-refractivity contribution in [3.05, 3.63) is 58.7 Å². The largest absolute Gasteiger partial charge is 0.507 e. The highest BCUT2D eigenvalue weighted by Gasteiger charge is 2.36. The van der Waals surface area contributed by atoms with E-state index in [2.05, 4.69) is 0 Å². The third-order valence-corrected chi connectivity index (χ3v) is 5.76. The van der Waals surface area contributed by atoms with Gasteiger partial charge in [-0.25, -0.2) is 13.1 Å². The topological polar surface area (TPSA) is 155 Å². The van der Waals surface area contributed by atoms with E-state index in [-0.39, 0.29) is 41.5 Å². The number of hydrogen-bond donors (Lipinski definition) is 3. The van der Waals surface area contributed by atoms with Gasteiger partial charge < -0.3 is 10.2 Å². The number of amides is 1. The molecular formula is C19H15NO8S. The molecule has 0 saturated heterocycles. The summed E-state index contributed by atoms with van der Waals surface area (Å²) in [5.41, 5.74) is -0.943. The molecule has 0 unspecified atom stereocenters. The Balaban J connectivity index is 1.99. The van der Waals surface area contributed by atoms with Crippen molar-refractivity contribution in [3.8, 4) is 5.75 Å². The summed E-state index contributed by atoms with van der Waals surface area (Å²) in [5, 5.41) is 18.5. The van der Waals surface area contributed by atoms with E-state index in [9.17, 15) is 32.7 Å². The number of sulfonamides is 1. The first-order valence-electron chi connectivity index (χ1n) is 8.45. The van der Waals surface area contributed by atoms with E-state index in [0.29, 0.717) is 0 Å². The Labute approximate surface area is 165 Å². The van der Waals surface area contributed by atoms with Crippen LogP contribution in [0.15, 0.2) is 41.3 Å². The van der Waals surface area contributed by atoms with E-state index in [0.717, 1.165) is 6.07 Å². The van der Waals surface area contributed by atoms with Crippen LogP contribution in [0.3, 0.4) is 0 Å². The van der Waals surface area contributed by atoms with Gasteiger partial charge in [0.15, 0.2) is 11.6 Å². The third-order valence-electron chi connectivity index (χ3n) is 4.34. The quantitative estimate of drug-likeness (QED) is 0.541. The molecule has 0 saturated carbocycles. The normalized spacial score (nSPS) is 12.8. The number of carboxylic acid groups (broad SMARTS) is 1. The Morgan fingerprint density at radius 3 is 2.14 bits per heavy atom. The zero-order chi connectivity index (χ0) is 21.3. The molecule has 1 amide bonds. The number of phenols is 1. The molecule has 0 spiro atoms. The summed E-state index contributed by atoms with van der Waals surface area (Å²) in [7, 11) is -4.50. The molecule has 0 aliphatic heterocycles. The molecule has 3 N–H and O–H groups in total. The summed E-state index contributed by atoms with van der Waals surface area (Å²) in [6, 6.07) is 7.49. The van der Waals surface area contributed by atoms with Crippen LogP contribution in [0.5, 0.6) is 5.75 Å². The van der Waals surface area contributed by atoms with Gasteiger partial charge in [0, 0.05) is 24.0 Å². The van der Waals surface area contributed by atoms with E-state index in [1.54, 1.807) is 4.72 Å².